The van der Waals surface area contributed by atoms with Crippen LogP contribution < -0.4 is 0 Å². The van der Waals surface area contributed by atoms with E-state index in [0.29, 0.717) is 11.9 Å². The van der Waals surface area contributed by atoms with E-state index >= 15 is 0 Å². The summed E-state index contributed by atoms with van der Waals surface area (Å²) in [6.07, 6.45) is 12.8. The Morgan fingerprint density at radius 3 is 2.59 bits per heavy atom. The van der Waals surface area contributed by atoms with Gasteiger partial charge in [-0.3, -0.25) is 4.79 Å². The summed E-state index contributed by atoms with van der Waals surface area (Å²) in [5.41, 5.74) is 0. The second-order valence-electron chi connectivity index (χ2n) is 5.23. The maximum atomic E-state index is 11.6. The molecule has 2 nitrogen and oxygen atoms in total. The van der Waals surface area contributed by atoms with E-state index in [9.17, 15) is 4.79 Å². The Morgan fingerprint density at radius 2 is 1.88 bits per heavy atom. The molecule has 0 amide bonds. The molecule has 1 rings (SSSR count). The molecule has 0 aromatic heterocycles. The van der Waals surface area contributed by atoms with Crippen molar-refractivity contribution in [2.24, 2.45) is 0 Å². The van der Waals surface area contributed by atoms with Gasteiger partial charge in [0.05, 0.1) is 6.10 Å². The molecule has 0 radical (unpaired) electrons. The molecule has 100 valence electrons. The Bertz CT molecular complexity index is 195. The van der Waals surface area contributed by atoms with Crippen LogP contribution in [-0.4, -0.2) is 18.5 Å². The van der Waals surface area contributed by atoms with Gasteiger partial charge in [-0.1, -0.05) is 39.0 Å². The highest BCUT2D eigenvalue weighted by molar-refractivity contribution is 5.78. The number of ketones is 1. The number of rotatable bonds is 10. The van der Waals surface area contributed by atoms with Crippen LogP contribution in [0.3, 0.4) is 0 Å². The summed E-state index contributed by atoms with van der Waals surface area (Å²) >= 11 is 0. The molecule has 0 aromatic rings. The first-order chi connectivity index (χ1) is 8.33. The zero-order valence-electron chi connectivity index (χ0n) is 11.4. The van der Waals surface area contributed by atoms with Gasteiger partial charge in [-0.2, -0.15) is 0 Å². The van der Waals surface area contributed by atoms with E-state index in [1.165, 1.54) is 38.5 Å². The van der Waals surface area contributed by atoms with Crippen molar-refractivity contribution in [1.29, 1.82) is 0 Å². The minimum atomic E-state index is 0.378. The summed E-state index contributed by atoms with van der Waals surface area (Å²) in [5.74, 6) is 0.441. The van der Waals surface area contributed by atoms with Crippen LogP contribution in [-0.2, 0) is 9.53 Å². The summed E-state index contributed by atoms with van der Waals surface area (Å²) < 4.78 is 5.52. The minimum absolute atomic E-state index is 0.378. The molecule has 0 N–H and O–H groups in total. The molecule has 1 heterocycles. The van der Waals surface area contributed by atoms with Crippen molar-refractivity contribution in [2.45, 2.75) is 83.7 Å². The predicted molar refractivity (Wildman–Crippen MR) is 71.2 cm³/mol. The van der Waals surface area contributed by atoms with E-state index in [1.54, 1.807) is 0 Å². The molecule has 1 atom stereocenters. The molecule has 1 saturated heterocycles. The molecule has 0 bridgehead atoms. The zero-order chi connectivity index (χ0) is 12.3. The third-order valence-corrected chi connectivity index (χ3v) is 3.58. The van der Waals surface area contributed by atoms with E-state index in [0.717, 1.165) is 38.7 Å². The lowest BCUT2D eigenvalue weighted by Gasteiger charge is -2.07. The number of hydrogen-bond acceptors (Lipinski definition) is 2. The lowest BCUT2D eigenvalue weighted by atomic mass is 10.0. The molecule has 0 saturated carbocycles. The normalized spacial score (nSPS) is 19.7. The standard InChI is InChI=1S/C15H28O2/c1-2-3-4-5-6-7-9-14(16)11-12-15-10-8-13-17-15/h15H,2-13H2,1H3. The van der Waals surface area contributed by atoms with Gasteiger partial charge in [0.1, 0.15) is 5.78 Å². The van der Waals surface area contributed by atoms with Gasteiger partial charge in [-0.05, 0) is 25.7 Å². The number of Topliss-reactive ketones (excluding diaryl/α,β-unsaturated/α-hetero) is 1. The van der Waals surface area contributed by atoms with Gasteiger partial charge in [0.2, 0.25) is 0 Å². The summed E-state index contributed by atoms with van der Waals surface area (Å²) in [7, 11) is 0. The van der Waals surface area contributed by atoms with Crippen LogP contribution >= 0.6 is 0 Å². The highest BCUT2D eigenvalue weighted by Gasteiger charge is 2.16. The lowest BCUT2D eigenvalue weighted by Crippen LogP contribution is -2.08. The van der Waals surface area contributed by atoms with E-state index in [2.05, 4.69) is 6.92 Å². The Hall–Kier alpha value is -0.370. The van der Waals surface area contributed by atoms with Crippen LogP contribution in [0.5, 0.6) is 0 Å². The molecule has 1 aliphatic heterocycles. The molecule has 0 aromatic carbocycles. The Morgan fingerprint density at radius 1 is 1.12 bits per heavy atom. The summed E-state index contributed by atoms with van der Waals surface area (Å²) in [5, 5.41) is 0. The first-order valence-electron chi connectivity index (χ1n) is 7.46. The van der Waals surface area contributed by atoms with Gasteiger partial charge in [-0.25, -0.2) is 0 Å². The summed E-state index contributed by atoms with van der Waals surface area (Å²) in [6, 6.07) is 0. The number of unbranched alkanes of at least 4 members (excludes halogenated alkanes) is 5. The highest BCUT2D eigenvalue weighted by atomic mass is 16.5. The van der Waals surface area contributed by atoms with Crippen molar-refractivity contribution >= 4 is 5.78 Å². The van der Waals surface area contributed by atoms with Crippen molar-refractivity contribution in [1.82, 2.24) is 0 Å². The fraction of sp³-hybridized carbons (Fsp3) is 0.933. The Balaban J connectivity index is 1.87. The second kappa shape index (κ2) is 9.64. The van der Waals surface area contributed by atoms with Crippen LogP contribution in [0.15, 0.2) is 0 Å². The van der Waals surface area contributed by atoms with Crippen molar-refractivity contribution in [3.05, 3.63) is 0 Å². The van der Waals surface area contributed by atoms with Crippen molar-refractivity contribution in [2.75, 3.05) is 6.61 Å². The molecule has 2 heteroatoms. The van der Waals surface area contributed by atoms with E-state index < -0.39 is 0 Å². The van der Waals surface area contributed by atoms with E-state index in [-0.39, 0.29) is 0 Å². The topological polar surface area (TPSA) is 26.3 Å². The smallest absolute Gasteiger partial charge is 0.133 e. The predicted octanol–water partition coefficient (Wildman–Crippen LogP) is 4.27. The number of carbonyl (C=O) groups is 1. The summed E-state index contributed by atoms with van der Waals surface area (Å²) in [6.45, 7) is 3.13. The monoisotopic (exact) mass is 240 g/mol. The van der Waals surface area contributed by atoms with Gasteiger partial charge >= 0.3 is 0 Å². The number of carbonyl (C=O) groups excluding carboxylic acids is 1. The molecular formula is C15H28O2. The third kappa shape index (κ3) is 7.54. The average Bonchev–Trinajstić information content (AvgIpc) is 2.84. The van der Waals surface area contributed by atoms with Gasteiger partial charge in [0, 0.05) is 19.4 Å². The highest BCUT2D eigenvalue weighted by Crippen LogP contribution is 2.17. The van der Waals surface area contributed by atoms with Crippen LogP contribution in [0.25, 0.3) is 0 Å². The molecule has 1 unspecified atom stereocenters. The molecule has 1 fully saturated rings. The molecule has 0 spiro atoms. The first kappa shape index (κ1) is 14.7. The van der Waals surface area contributed by atoms with Crippen LogP contribution in [0.1, 0.15) is 77.6 Å². The maximum Gasteiger partial charge on any atom is 0.133 e. The fourth-order valence-electron chi connectivity index (χ4n) is 2.42. The first-order valence-corrected chi connectivity index (χ1v) is 7.46. The number of ether oxygens (including phenoxy) is 1. The quantitative estimate of drug-likeness (QED) is 0.533. The van der Waals surface area contributed by atoms with Gasteiger partial charge in [-0.15, -0.1) is 0 Å². The van der Waals surface area contributed by atoms with Crippen LogP contribution in [0.4, 0.5) is 0 Å². The fourth-order valence-corrected chi connectivity index (χ4v) is 2.42. The maximum absolute atomic E-state index is 11.6. The molecule has 0 aliphatic carbocycles. The average molecular weight is 240 g/mol. The third-order valence-electron chi connectivity index (χ3n) is 3.58. The van der Waals surface area contributed by atoms with Gasteiger partial charge in [0.25, 0.3) is 0 Å². The molecule has 1 aliphatic rings. The van der Waals surface area contributed by atoms with Crippen molar-refractivity contribution in [3.8, 4) is 0 Å². The zero-order valence-corrected chi connectivity index (χ0v) is 11.4. The summed E-state index contributed by atoms with van der Waals surface area (Å²) in [4.78, 5) is 11.6. The molecule has 17 heavy (non-hydrogen) atoms. The largest absolute Gasteiger partial charge is 0.378 e. The SMILES string of the molecule is CCCCCCCCC(=O)CCC1CCCO1. The minimum Gasteiger partial charge on any atom is -0.378 e. The van der Waals surface area contributed by atoms with E-state index in [1.807, 2.05) is 0 Å². The van der Waals surface area contributed by atoms with Gasteiger partial charge in [0.15, 0.2) is 0 Å². The Labute approximate surface area is 106 Å². The lowest BCUT2D eigenvalue weighted by molar-refractivity contribution is -0.119. The van der Waals surface area contributed by atoms with Gasteiger partial charge < -0.3 is 4.74 Å². The Kier molecular flexibility index (Phi) is 8.33. The van der Waals surface area contributed by atoms with Crippen molar-refractivity contribution in [3.63, 3.8) is 0 Å². The van der Waals surface area contributed by atoms with Crippen LogP contribution in [0, 0.1) is 0 Å². The number of hydrogen-bond donors (Lipinski definition) is 0. The van der Waals surface area contributed by atoms with Crippen LogP contribution in [0.2, 0.25) is 0 Å². The van der Waals surface area contributed by atoms with E-state index in [4.69, 9.17) is 4.74 Å². The second-order valence-corrected chi connectivity index (χ2v) is 5.23. The molecular weight excluding hydrogens is 212 g/mol. The van der Waals surface area contributed by atoms with Crippen molar-refractivity contribution < 1.29 is 9.53 Å².